The number of carbonyl (C=O) groups is 1. The monoisotopic (exact) mass is 593 g/mol. The maximum atomic E-state index is 15.5. The minimum atomic E-state index is -3.81. The molecule has 10 heteroatoms. The molecule has 2 atom stereocenters. The molecule has 4 rings (SSSR count). The predicted molar refractivity (Wildman–Crippen MR) is 154 cm³/mol. The van der Waals surface area contributed by atoms with Gasteiger partial charge in [-0.2, -0.15) is 4.31 Å². The van der Waals surface area contributed by atoms with Crippen LogP contribution in [0.2, 0.25) is 25.7 Å². The first-order chi connectivity index (χ1) is 18.7. The van der Waals surface area contributed by atoms with E-state index in [9.17, 15) is 13.2 Å². The van der Waals surface area contributed by atoms with E-state index in [2.05, 4.69) is 19.6 Å². The Hall–Kier alpha value is -1.98. The van der Waals surface area contributed by atoms with E-state index >= 15 is 8.78 Å². The van der Waals surface area contributed by atoms with Gasteiger partial charge in [-0.15, -0.1) is 0 Å². The number of sulfonamides is 1. The molecule has 0 N–H and O–H groups in total. The van der Waals surface area contributed by atoms with Gasteiger partial charge in [0.25, 0.3) is 0 Å². The summed E-state index contributed by atoms with van der Waals surface area (Å²) in [6.45, 7) is 10.8. The second kappa shape index (κ2) is 11.7. The average Bonchev–Trinajstić information content (AvgIpc) is 2.86. The van der Waals surface area contributed by atoms with Crippen molar-refractivity contribution in [1.29, 1.82) is 0 Å². The van der Waals surface area contributed by atoms with Crippen LogP contribution in [-0.4, -0.2) is 52.1 Å². The summed E-state index contributed by atoms with van der Waals surface area (Å²) in [5, 5.41) is -0.734. The lowest BCUT2D eigenvalue weighted by molar-refractivity contribution is -0.188. The molecule has 2 fully saturated rings. The SMILES string of the molecule is CC1CCC(c2ccccc2)S(=O)(=O)N1Cc1cc(F)c(C2(C=O)CC(C)(OCOCC[Si](C)(C)C)C2)cc1F. The molecule has 2 aromatic carbocycles. The third-order valence-electron chi connectivity index (χ3n) is 8.29. The zero-order chi connectivity index (χ0) is 29.3. The summed E-state index contributed by atoms with van der Waals surface area (Å²) in [5.74, 6) is -1.45. The number of halogens is 2. The van der Waals surface area contributed by atoms with Crippen LogP contribution in [0.25, 0.3) is 0 Å². The van der Waals surface area contributed by atoms with Crippen LogP contribution >= 0.6 is 0 Å². The second-order valence-corrected chi connectivity index (χ2v) is 20.6. The summed E-state index contributed by atoms with van der Waals surface area (Å²) >= 11 is 0. The topological polar surface area (TPSA) is 72.9 Å². The van der Waals surface area contributed by atoms with E-state index < -0.39 is 46.0 Å². The van der Waals surface area contributed by atoms with E-state index in [0.29, 0.717) is 31.3 Å². The molecule has 0 amide bonds. The van der Waals surface area contributed by atoms with Crippen LogP contribution in [0.5, 0.6) is 0 Å². The lowest BCUT2D eigenvalue weighted by Crippen LogP contribution is -2.56. The Labute approximate surface area is 238 Å². The summed E-state index contributed by atoms with van der Waals surface area (Å²) in [6.07, 6.45) is 2.14. The quantitative estimate of drug-likeness (QED) is 0.132. The van der Waals surface area contributed by atoms with Crippen LogP contribution in [0.15, 0.2) is 42.5 Å². The molecule has 1 aliphatic heterocycles. The number of benzene rings is 2. The molecule has 0 bridgehead atoms. The molecule has 1 heterocycles. The van der Waals surface area contributed by atoms with E-state index in [-0.39, 0.29) is 43.3 Å². The number of hydrogen-bond acceptors (Lipinski definition) is 5. The van der Waals surface area contributed by atoms with Crippen molar-refractivity contribution in [3.8, 4) is 0 Å². The molecule has 220 valence electrons. The predicted octanol–water partition coefficient (Wildman–Crippen LogP) is 6.34. The fourth-order valence-corrected chi connectivity index (χ4v) is 8.90. The van der Waals surface area contributed by atoms with Crippen molar-refractivity contribution in [2.75, 3.05) is 13.4 Å². The highest BCUT2D eigenvalue weighted by atomic mass is 32.2. The van der Waals surface area contributed by atoms with Crippen molar-refractivity contribution in [1.82, 2.24) is 4.31 Å². The largest absolute Gasteiger partial charge is 0.356 e. The Morgan fingerprint density at radius 3 is 2.38 bits per heavy atom. The standard InChI is InChI=1S/C30H41F2NO5SSi/c1-22-11-12-28(23-9-7-6-8-10-23)39(35,36)33(22)17-24-15-27(32)25(16-26(24)31)30(20-34)18-29(2,19-30)38-21-37-13-14-40(3,4)5/h6-10,15-16,20,22,28H,11-14,17-19,21H2,1-5H3. The van der Waals surface area contributed by atoms with Gasteiger partial charge in [-0.1, -0.05) is 50.0 Å². The van der Waals surface area contributed by atoms with Crippen molar-refractivity contribution in [3.63, 3.8) is 0 Å². The maximum Gasteiger partial charge on any atom is 0.221 e. The third-order valence-corrected chi connectivity index (χ3v) is 12.4. The molecule has 6 nitrogen and oxygen atoms in total. The second-order valence-electron chi connectivity index (χ2n) is 12.9. The number of aldehydes is 1. The van der Waals surface area contributed by atoms with Crippen LogP contribution in [0.3, 0.4) is 0 Å². The Morgan fingerprint density at radius 2 is 1.75 bits per heavy atom. The number of rotatable bonds is 11. The van der Waals surface area contributed by atoms with Gasteiger partial charge < -0.3 is 14.3 Å². The molecule has 0 spiro atoms. The van der Waals surface area contributed by atoms with Crippen LogP contribution in [0.4, 0.5) is 8.78 Å². The van der Waals surface area contributed by atoms with Gasteiger partial charge in [-0.3, -0.25) is 0 Å². The van der Waals surface area contributed by atoms with E-state index in [1.165, 1.54) is 4.31 Å². The number of ether oxygens (including phenoxy) is 2. The highest BCUT2D eigenvalue weighted by Gasteiger charge is 2.55. The molecular formula is C30H41F2NO5SSi. The minimum Gasteiger partial charge on any atom is -0.356 e. The van der Waals surface area contributed by atoms with Gasteiger partial charge in [0.1, 0.15) is 30.0 Å². The maximum absolute atomic E-state index is 15.5. The summed E-state index contributed by atoms with van der Waals surface area (Å²) in [5.41, 5.74) is -1.29. The molecule has 0 aromatic heterocycles. The van der Waals surface area contributed by atoms with Gasteiger partial charge in [0.05, 0.1) is 11.0 Å². The van der Waals surface area contributed by atoms with Crippen LogP contribution < -0.4 is 0 Å². The molecule has 2 unspecified atom stereocenters. The van der Waals surface area contributed by atoms with Gasteiger partial charge in [0.2, 0.25) is 10.0 Å². The Bertz CT molecular complexity index is 1310. The van der Waals surface area contributed by atoms with E-state index in [1.54, 1.807) is 31.2 Å². The van der Waals surface area contributed by atoms with Gasteiger partial charge in [-0.05, 0) is 63.3 Å². The lowest BCUT2D eigenvalue weighted by atomic mass is 9.57. The molecule has 2 aliphatic rings. The Morgan fingerprint density at radius 1 is 1.07 bits per heavy atom. The average molecular weight is 594 g/mol. The number of nitrogens with zero attached hydrogens (tertiary/aromatic N) is 1. The number of carbonyl (C=O) groups excluding carboxylic acids is 1. The summed E-state index contributed by atoms with van der Waals surface area (Å²) in [7, 11) is -5.03. The van der Waals surface area contributed by atoms with Crippen LogP contribution in [-0.2, 0) is 36.3 Å². The smallest absolute Gasteiger partial charge is 0.221 e. The number of hydrogen-bond donors (Lipinski definition) is 0. The van der Waals surface area contributed by atoms with E-state index in [0.717, 1.165) is 18.2 Å². The highest BCUT2D eigenvalue weighted by molar-refractivity contribution is 7.89. The van der Waals surface area contributed by atoms with Crippen LogP contribution in [0.1, 0.15) is 61.5 Å². The van der Waals surface area contributed by atoms with Crippen molar-refractivity contribution >= 4 is 24.4 Å². The molecule has 1 saturated heterocycles. The lowest BCUT2D eigenvalue weighted by Gasteiger charge is -2.51. The summed E-state index contributed by atoms with van der Waals surface area (Å²) < 4.78 is 70.8. The first-order valence-electron chi connectivity index (χ1n) is 13.9. The Balaban J connectivity index is 1.47. The zero-order valence-electron chi connectivity index (χ0n) is 24.1. The highest BCUT2D eigenvalue weighted by Crippen LogP contribution is 2.52. The molecule has 0 radical (unpaired) electrons. The first-order valence-corrected chi connectivity index (χ1v) is 19.1. The molecular weight excluding hydrogens is 552 g/mol. The van der Waals surface area contributed by atoms with E-state index in [1.807, 2.05) is 13.0 Å². The Kier molecular flexibility index (Phi) is 9.07. The third kappa shape index (κ3) is 6.57. The van der Waals surface area contributed by atoms with Gasteiger partial charge >= 0.3 is 0 Å². The van der Waals surface area contributed by atoms with Gasteiger partial charge in [-0.25, -0.2) is 17.2 Å². The van der Waals surface area contributed by atoms with Gasteiger partial charge in [0.15, 0.2) is 0 Å². The molecule has 40 heavy (non-hydrogen) atoms. The fourth-order valence-electron chi connectivity index (χ4n) is 5.95. The van der Waals surface area contributed by atoms with Gasteiger partial charge in [0, 0.05) is 38.4 Å². The molecule has 1 aliphatic carbocycles. The van der Waals surface area contributed by atoms with E-state index in [4.69, 9.17) is 9.47 Å². The summed E-state index contributed by atoms with van der Waals surface area (Å²) in [6, 6.07) is 11.7. The molecule has 2 aromatic rings. The van der Waals surface area contributed by atoms with Crippen molar-refractivity contribution in [3.05, 3.63) is 70.8 Å². The zero-order valence-corrected chi connectivity index (χ0v) is 25.9. The minimum absolute atomic E-state index is 0.0267. The molecule has 1 saturated carbocycles. The summed E-state index contributed by atoms with van der Waals surface area (Å²) in [4.78, 5) is 12.2. The van der Waals surface area contributed by atoms with Crippen LogP contribution in [0, 0.1) is 11.6 Å². The fraction of sp³-hybridized carbons (Fsp3) is 0.567. The first kappa shape index (κ1) is 31.0. The normalized spacial score (nSPS) is 28.7. The van der Waals surface area contributed by atoms with Crippen molar-refractivity contribution in [2.45, 2.75) is 94.1 Å². The van der Waals surface area contributed by atoms with Crippen molar-refractivity contribution < 1.29 is 31.5 Å². The van der Waals surface area contributed by atoms with Crippen molar-refractivity contribution in [2.24, 2.45) is 0 Å².